The molecule has 2 aromatic rings. The van der Waals surface area contributed by atoms with E-state index >= 15 is 0 Å². The van der Waals surface area contributed by atoms with Crippen LogP contribution in [0.2, 0.25) is 0 Å². The molecule has 2 fully saturated rings. The number of aliphatic hydroxyl groups is 1. The van der Waals surface area contributed by atoms with Crippen molar-refractivity contribution in [2.75, 3.05) is 14.2 Å². The minimum Gasteiger partial charge on any atom is -0.507 e. The monoisotopic (exact) mass is 477 g/mol. The van der Waals surface area contributed by atoms with Crippen molar-refractivity contribution in [2.24, 2.45) is 0 Å². The normalized spacial score (nSPS) is 20.8. The first kappa shape index (κ1) is 24.8. The van der Waals surface area contributed by atoms with Crippen molar-refractivity contribution in [1.29, 1.82) is 0 Å². The largest absolute Gasteiger partial charge is 0.507 e. The van der Waals surface area contributed by atoms with E-state index in [1.807, 2.05) is 36.4 Å². The molecule has 0 bridgehead atoms. The Morgan fingerprint density at radius 3 is 2.31 bits per heavy atom. The lowest BCUT2D eigenvalue weighted by molar-refractivity contribution is -0.141. The third-order valence-corrected chi connectivity index (χ3v) is 7.18. The number of methoxy groups -OCH3 is 2. The lowest BCUT2D eigenvalue weighted by Crippen LogP contribution is -2.40. The molecule has 4 rings (SSSR count). The van der Waals surface area contributed by atoms with Gasteiger partial charge in [-0.3, -0.25) is 9.59 Å². The van der Waals surface area contributed by atoms with Crippen LogP contribution in [0.4, 0.5) is 0 Å². The first-order chi connectivity index (χ1) is 16.7. The Morgan fingerprint density at radius 2 is 1.69 bits per heavy atom. The van der Waals surface area contributed by atoms with Gasteiger partial charge < -0.3 is 19.5 Å². The lowest BCUT2D eigenvalue weighted by Gasteiger charge is -2.35. The van der Waals surface area contributed by atoms with Crippen LogP contribution < -0.4 is 9.47 Å². The number of nitrogens with zero attached hydrogens (tertiary/aromatic N) is 1. The van der Waals surface area contributed by atoms with Crippen LogP contribution in [0.3, 0.4) is 0 Å². The van der Waals surface area contributed by atoms with Crippen molar-refractivity contribution in [3.63, 3.8) is 0 Å². The van der Waals surface area contributed by atoms with E-state index in [9.17, 15) is 14.7 Å². The number of rotatable bonds is 5. The molecule has 0 spiro atoms. The van der Waals surface area contributed by atoms with Crippen LogP contribution in [0.25, 0.3) is 5.76 Å². The van der Waals surface area contributed by atoms with Crippen molar-refractivity contribution in [2.45, 2.75) is 70.4 Å². The molecule has 1 aliphatic heterocycles. The molecule has 6 nitrogen and oxygen atoms in total. The van der Waals surface area contributed by atoms with Gasteiger partial charge in [0.15, 0.2) is 0 Å². The van der Waals surface area contributed by atoms with Gasteiger partial charge >= 0.3 is 0 Å². The van der Waals surface area contributed by atoms with Crippen LogP contribution in [0.15, 0.2) is 48.0 Å². The number of ketones is 1. The highest BCUT2D eigenvalue weighted by atomic mass is 16.5. The summed E-state index contributed by atoms with van der Waals surface area (Å²) in [5, 5.41) is 11.7. The average Bonchev–Trinajstić information content (AvgIpc) is 3.13. The smallest absolute Gasteiger partial charge is 0.295 e. The molecule has 1 N–H and O–H groups in total. The van der Waals surface area contributed by atoms with Gasteiger partial charge in [0, 0.05) is 6.04 Å². The van der Waals surface area contributed by atoms with E-state index in [2.05, 4.69) is 20.8 Å². The fourth-order valence-corrected chi connectivity index (χ4v) is 5.23. The summed E-state index contributed by atoms with van der Waals surface area (Å²) < 4.78 is 11.0. The summed E-state index contributed by atoms with van der Waals surface area (Å²) in [7, 11) is 3.11. The van der Waals surface area contributed by atoms with Crippen molar-refractivity contribution >= 4 is 17.4 Å². The fourth-order valence-electron chi connectivity index (χ4n) is 5.23. The third-order valence-electron chi connectivity index (χ3n) is 7.18. The first-order valence-corrected chi connectivity index (χ1v) is 12.3. The highest BCUT2D eigenvalue weighted by Crippen LogP contribution is 2.45. The van der Waals surface area contributed by atoms with Gasteiger partial charge in [0.2, 0.25) is 0 Å². The number of aliphatic hydroxyl groups excluding tert-OH is 1. The predicted molar refractivity (Wildman–Crippen MR) is 136 cm³/mol. The van der Waals surface area contributed by atoms with E-state index < -0.39 is 17.7 Å². The summed E-state index contributed by atoms with van der Waals surface area (Å²) >= 11 is 0. The van der Waals surface area contributed by atoms with Gasteiger partial charge in [-0.1, -0.05) is 58.2 Å². The molecule has 186 valence electrons. The van der Waals surface area contributed by atoms with Crippen LogP contribution in [0.1, 0.15) is 75.6 Å². The highest BCUT2D eigenvalue weighted by Gasteiger charge is 2.49. The summed E-state index contributed by atoms with van der Waals surface area (Å²) in [6.45, 7) is 6.24. The number of amides is 1. The predicted octanol–water partition coefficient (Wildman–Crippen LogP) is 5.76. The van der Waals surface area contributed by atoms with Gasteiger partial charge in [-0.2, -0.15) is 0 Å². The molecule has 35 heavy (non-hydrogen) atoms. The van der Waals surface area contributed by atoms with Crippen molar-refractivity contribution in [1.82, 2.24) is 4.90 Å². The van der Waals surface area contributed by atoms with Gasteiger partial charge in [0.1, 0.15) is 17.3 Å². The Morgan fingerprint density at radius 1 is 0.971 bits per heavy atom. The van der Waals surface area contributed by atoms with Crippen LogP contribution >= 0.6 is 0 Å². The summed E-state index contributed by atoms with van der Waals surface area (Å²) in [5.41, 5.74) is 2.05. The highest BCUT2D eigenvalue weighted by molar-refractivity contribution is 6.46. The van der Waals surface area contributed by atoms with Crippen LogP contribution in [-0.2, 0) is 15.0 Å². The number of hydrogen-bond donors (Lipinski definition) is 1. The summed E-state index contributed by atoms with van der Waals surface area (Å²) in [6, 6.07) is 12.2. The molecule has 1 unspecified atom stereocenters. The summed E-state index contributed by atoms with van der Waals surface area (Å²) in [4.78, 5) is 28.6. The number of carbonyl (C=O) groups is 2. The summed E-state index contributed by atoms with van der Waals surface area (Å²) in [6.07, 6.45) is 4.84. The standard InChI is InChI=1S/C29H35NO5/c1-29(2,3)19-14-15-23(35-5)22(17-19)26(31)24-25(18-10-9-13-21(16-18)34-4)30(28(33)27(24)32)20-11-7-6-8-12-20/h9-10,13-17,20,25,31H,6-8,11-12H2,1-5H3/b26-24+. The molecule has 0 radical (unpaired) electrons. The second kappa shape index (κ2) is 9.76. The molecular weight excluding hydrogens is 442 g/mol. The first-order valence-electron chi connectivity index (χ1n) is 12.3. The number of likely N-dealkylation sites (tertiary alicyclic amines) is 1. The van der Waals surface area contributed by atoms with Gasteiger partial charge in [-0.05, 0) is 53.6 Å². The number of ether oxygens (including phenoxy) is 2. The number of hydrogen-bond acceptors (Lipinski definition) is 5. The molecule has 2 aliphatic rings. The van der Waals surface area contributed by atoms with Gasteiger partial charge in [-0.25, -0.2) is 0 Å². The number of Topliss-reactive ketones (excluding diaryl/α,β-unsaturated/α-hetero) is 1. The average molecular weight is 478 g/mol. The second-order valence-corrected chi connectivity index (χ2v) is 10.4. The molecule has 1 saturated heterocycles. The Labute approximate surface area is 207 Å². The molecule has 1 atom stereocenters. The van der Waals surface area contributed by atoms with Crippen molar-refractivity contribution < 1.29 is 24.2 Å². The maximum Gasteiger partial charge on any atom is 0.295 e. The molecule has 0 aromatic heterocycles. The van der Waals surface area contributed by atoms with Crippen LogP contribution in [-0.4, -0.2) is 42.0 Å². The van der Waals surface area contributed by atoms with E-state index in [4.69, 9.17) is 9.47 Å². The zero-order valence-electron chi connectivity index (χ0n) is 21.3. The Hall–Kier alpha value is -3.28. The van der Waals surface area contributed by atoms with Crippen molar-refractivity contribution in [3.05, 3.63) is 64.7 Å². The maximum absolute atomic E-state index is 13.5. The molecule has 2 aromatic carbocycles. The minimum atomic E-state index is -0.698. The van der Waals surface area contributed by atoms with Crippen LogP contribution in [0.5, 0.6) is 11.5 Å². The number of benzene rings is 2. The molecule has 1 aliphatic carbocycles. The Bertz CT molecular complexity index is 1150. The second-order valence-electron chi connectivity index (χ2n) is 10.4. The summed E-state index contributed by atoms with van der Waals surface area (Å²) in [5.74, 6) is -0.355. The zero-order valence-corrected chi connectivity index (χ0v) is 21.3. The minimum absolute atomic E-state index is 0.0514. The Kier molecular flexibility index (Phi) is 6.93. The molecule has 1 heterocycles. The van der Waals surface area contributed by atoms with Gasteiger partial charge in [-0.15, -0.1) is 0 Å². The maximum atomic E-state index is 13.5. The third kappa shape index (κ3) is 4.66. The van der Waals surface area contributed by atoms with Gasteiger partial charge in [0.05, 0.1) is 31.4 Å². The molecule has 1 amide bonds. The quantitative estimate of drug-likeness (QED) is 0.337. The number of carbonyl (C=O) groups excluding carboxylic acids is 2. The van der Waals surface area contributed by atoms with E-state index in [-0.39, 0.29) is 22.8 Å². The van der Waals surface area contributed by atoms with Crippen LogP contribution in [0, 0.1) is 0 Å². The van der Waals surface area contributed by atoms with E-state index in [0.29, 0.717) is 17.1 Å². The fraction of sp³-hybridized carbons (Fsp3) is 0.448. The lowest BCUT2D eigenvalue weighted by atomic mass is 9.85. The molecule has 1 saturated carbocycles. The Balaban J connectivity index is 1.94. The molecular formula is C29H35NO5. The zero-order chi connectivity index (χ0) is 25.3. The molecule has 6 heteroatoms. The van der Waals surface area contributed by atoms with E-state index in [1.165, 1.54) is 7.11 Å². The van der Waals surface area contributed by atoms with Crippen molar-refractivity contribution in [3.8, 4) is 11.5 Å². The SMILES string of the molecule is COc1cccc(C2/C(=C(\O)c3cc(C(C)(C)C)ccc3OC)C(=O)C(=O)N2C2CCCCC2)c1. The topological polar surface area (TPSA) is 76.1 Å². The van der Waals surface area contributed by atoms with E-state index in [1.54, 1.807) is 18.1 Å². The van der Waals surface area contributed by atoms with Gasteiger partial charge in [0.25, 0.3) is 11.7 Å². The van der Waals surface area contributed by atoms with E-state index in [0.717, 1.165) is 43.2 Å².